The average Bonchev–Trinajstić information content (AvgIpc) is 2.26. The minimum atomic E-state index is -5.03. The number of nitrogens with zero attached hydrogens (tertiary/aromatic N) is 1. The zero-order valence-corrected chi connectivity index (χ0v) is 8.55. The Balaban J connectivity index is 3.35. The number of rotatable bonds is 4. The summed E-state index contributed by atoms with van der Waals surface area (Å²) in [5.41, 5.74) is -0.878. The predicted octanol–water partition coefficient (Wildman–Crippen LogP) is 2.27. The van der Waals surface area contributed by atoms with E-state index in [-0.39, 0.29) is 11.8 Å². The van der Waals surface area contributed by atoms with E-state index in [0.717, 1.165) is 13.3 Å². The molecule has 0 fully saturated rings. The molecule has 0 N–H and O–H groups in total. The van der Waals surface area contributed by atoms with E-state index in [9.17, 15) is 22.4 Å². The summed E-state index contributed by atoms with van der Waals surface area (Å²) in [6.07, 6.45) is -4.06. The van der Waals surface area contributed by atoms with Crippen molar-refractivity contribution in [2.24, 2.45) is 0 Å². The van der Waals surface area contributed by atoms with Crippen molar-refractivity contribution in [1.82, 2.24) is 4.98 Å². The Bertz CT molecular complexity index is 419. The van der Waals surface area contributed by atoms with Crippen LogP contribution in [-0.4, -0.2) is 24.7 Å². The molecule has 8 heteroatoms. The number of hydrogen-bond acceptors (Lipinski definition) is 4. The molecule has 0 bridgehead atoms. The van der Waals surface area contributed by atoms with Crippen molar-refractivity contribution in [2.45, 2.75) is 13.0 Å². The van der Waals surface area contributed by atoms with Gasteiger partial charge in [-0.1, -0.05) is 0 Å². The molecule has 0 aromatic carbocycles. The molecule has 4 nitrogen and oxygen atoms in total. The summed E-state index contributed by atoms with van der Waals surface area (Å²) < 4.78 is 56.8. The number of pyridine rings is 1. The summed E-state index contributed by atoms with van der Waals surface area (Å²) in [5.74, 6) is -1.48. The predicted molar refractivity (Wildman–Crippen MR) is 47.7 cm³/mol. The van der Waals surface area contributed by atoms with Crippen LogP contribution in [0.1, 0.15) is 15.9 Å². The highest BCUT2D eigenvalue weighted by Crippen LogP contribution is 2.34. The largest absolute Gasteiger partial charge is 0.573 e. The lowest BCUT2D eigenvalue weighted by Gasteiger charge is -2.14. The van der Waals surface area contributed by atoms with Crippen molar-refractivity contribution >= 4 is 6.29 Å². The number of alkyl halides is 4. The van der Waals surface area contributed by atoms with Crippen molar-refractivity contribution in [2.75, 3.05) is 7.11 Å². The molecule has 0 aliphatic rings. The lowest BCUT2D eigenvalue weighted by Crippen LogP contribution is -2.19. The summed E-state index contributed by atoms with van der Waals surface area (Å²) in [4.78, 5) is 14.1. The first kappa shape index (κ1) is 13.2. The molecule has 0 radical (unpaired) electrons. The standard InChI is InChI=1S/C9H7F4NO3/c1-16-8-7(17-9(11,12)13)6(4-15)5(2-10)3-14-8/h3-4H,2H2,1H3. The first-order chi connectivity index (χ1) is 7.92. The summed E-state index contributed by atoms with van der Waals surface area (Å²) in [6.45, 7) is -1.14. The Kier molecular flexibility index (Phi) is 3.87. The van der Waals surface area contributed by atoms with Gasteiger partial charge in [0.25, 0.3) is 5.88 Å². The van der Waals surface area contributed by atoms with Gasteiger partial charge in [-0.05, 0) is 0 Å². The maximum Gasteiger partial charge on any atom is 0.573 e. The molecule has 94 valence electrons. The van der Waals surface area contributed by atoms with Gasteiger partial charge in [-0.2, -0.15) is 0 Å². The molecule has 1 aromatic rings. The minimum Gasteiger partial charge on any atom is -0.478 e. The SMILES string of the molecule is COc1ncc(CF)c(C=O)c1OC(F)(F)F. The number of ether oxygens (including phenoxy) is 2. The van der Waals surface area contributed by atoms with Gasteiger partial charge >= 0.3 is 6.36 Å². The quantitative estimate of drug-likeness (QED) is 0.610. The van der Waals surface area contributed by atoms with Crippen LogP contribution in [0, 0.1) is 0 Å². The average molecular weight is 253 g/mol. The van der Waals surface area contributed by atoms with Crippen LogP contribution in [0.15, 0.2) is 6.20 Å². The van der Waals surface area contributed by atoms with Crippen LogP contribution in [-0.2, 0) is 6.67 Å². The van der Waals surface area contributed by atoms with Gasteiger partial charge in [0.05, 0.1) is 12.7 Å². The molecule has 0 atom stereocenters. The van der Waals surface area contributed by atoms with Crippen molar-refractivity contribution in [3.63, 3.8) is 0 Å². The zero-order valence-electron chi connectivity index (χ0n) is 8.55. The van der Waals surface area contributed by atoms with Crippen LogP contribution in [0.5, 0.6) is 11.6 Å². The molecule has 0 aliphatic carbocycles. The fourth-order valence-electron chi connectivity index (χ4n) is 1.12. The van der Waals surface area contributed by atoms with E-state index in [2.05, 4.69) is 14.5 Å². The first-order valence-electron chi connectivity index (χ1n) is 4.25. The van der Waals surface area contributed by atoms with Gasteiger partial charge in [-0.25, -0.2) is 9.37 Å². The maximum atomic E-state index is 12.4. The van der Waals surface area contributed by atoms with E-state index in [1.807, 2.05) is 0 Å². The monoisotopic (exact) mass is 253 g/mol. The molecule has 17 heavy (non-hydrogen) atoms. The summed E-state index contributed by atoms with van der Waals surface area (Å²) in [6, 6.07) is 0. The van der Waals surface area contributed by atoms with Crippen LogP contribution in [0.4, 0.5) is 17.6 Å². The van der Waals surface area contributed by atoms with Gasteiger partial charge < -0.3 is 9.47 Å². The van der Waals surface area contributed by atoms with Crippen LogP contribution >= 0.6 is 0 Å². The molecular formula is C9H7F4NO3. The van der Waals surface area contributed by atoms with E-state index < -0.39 is 30.2 Å². The Morgan fingerprint density at radius 2 is 2.12 bits per heavy atom. The molecule has 0 unspecified atom stereocenters. The van der Waals surface area contributed by atoms with Gasteiger partial charge in [0.2, 0.25) is 5.75 Å². The Labute approximate surface area is 93.2 Å². The van der Waals surface area contributed by atoms with Crippen LogP contribution in [0.3, 0.4) is 0 Å². The number of carbonyl (C=O) groups is 1. The minimum absolute atomic E-state index is 0.0557. The van der Waals surface area contributed by atoms with Crippen molar-refractivity contribution in [1.29, 1.82) is 0 Å². The van der Waals surface area contributed by atoms with Gasteiger partial charge in [0, 0.05) is 11.8 Å². The highest BCUT2D eigenvalue weighted by molar-refractivity contribution is 5.82. The Hall–Kier alpha value is -1.86. The van der Waals surface area contributed by atoms with Gasteiger partial charge in [-0.3, -0.25) is 4.79 Å². The van der Waals surface area contributed by atoms with Crippen molar-refractivity contribution in [3.05, 3.63) is 17.3 Å². The van der Waals surface area contributed by atoms with Crippen molar-refractivity contribution in [3.8, 4) is 11.6 Å². The number of hydrogen-bond donors (Lipinski definition) is 0. The number of aldehydes is 1. The second-order valence-corrected chi connectivity index (χ2v) is 2.83. The Morgan fingerprint density at radius 3 is 2.53 bits per heavy atom. The summed E-state index contributed by atoms with van der Waals surface area (Å²) >= 11 is 0. The van der Waals surface area contributed by atoms with Crippen LogP contribution in [0.25, 0.3) is 0 Å². The van der Waals surface area contributed by atoms with Gasteiger partial charge in [-0.15, -0.1) is 13.2 Å². The molecule has 0 aliphatic heterocycles. The van der Waals surface area contributed by atoms with E-state index in [1.165, 1.54) is 0 Å². The summed E-state index contributed by atoms with van der Waals surface area (Å²) in [5, 5.41) is 0. The first-order valence-corrected chi connectivity index (χ1v) is 4.25. The highest BCUT2D eigenvalue weighted by atomic mass is 19.4. The van der Waals surface area contributed by atoms with Crippen molar-refractivity contribution < 1.29 is 31.8 Å². The fraction of sp³-hybridized carbons (Fsp3) is 0.333. The second-order valence-electron chi connectivity index (χ2n) is 2.83. The Morgan fingerprint density at radius 1 is 1.47 bits per heavy atom. The zero-order chi connectivity index (χ0) is 13.1. The van der Waals surface area contributed by atoms with E-state index >= 15 is 0 Å². The topological polar surface area (TPSA) is 48.4 Å². The molecule has 1 aromatic heterocycles. The van der Waals surface area contributed by atoms with E-state index in [1.54, 1.807) is 0 Å². The third kappa shape index (κ3) is 3.05. The number of aromatic nitrogens is 1. The van der Waals surface area contributed by atoms with Crippen LogP contribution < -0.4 is 9.47 Å². The lowest BCUT2D eigenvalue weighted by atomic mass is 10.1. The lowest BCUT2D eigenvalue weighted by molar-refractivity contribution is -0.275. The third-order valence-electron chi connectivity index (χ3n) is 1.80. The molecule has 1 heterocycles. The maximum absolute atomic E-state index is 12.4. The molecule has 0 saturated heterocycles. The molecule has 1 rings (SSSR count). The number of halogens is 4. The highest BCUT2D eigenvalue weighted by Gasteiger charge is 2.34. The normalized spacial score (nSPS) is 11.1. The fourth-order valence-corrected chi connectivity index (χ4v) is 1.12. The van der Waals surface area contributed by atoms with E-state index in [0.29, 0.717) is 0 Å². The number of methoxy groups -OCH3 is 1. The molecule has 0 amide bonds. The summed E-state index contributed by atoms with van der Waals surface area (Å²) in [7, 11) is 1.05. The van der Waals surface area contributed by atoms with Crippen LogP contribution in [0.2, 0.25) is 0 Å². The van der Waals surface area contributed by atoms with Gasteiger partial charge in [0.15, 0.2) is 6.29 Å². The van der Waals surface area contributed by atoms with Gasteiger partial charge in [0.1, 0.15) is 6.67 Å². The third-order valence-corrected chi connectivity index (χ3v) is 1.80. The number of carbonyl (C=O) groups excluding carboxylic acids is 1. The van der Waals surface area contributed by atoms with E-state index in [4.69, 9.17) is 0 Å². The second kappa shape index (κ2) is 4.98. The smallest absolute Gasteiger partial charge is 0.478 e. The molecule has 0 saturated carbocycles. The molecule has 0 spiro atoms. The molecular weight excluding hydrogens is 246 g/mol.